The summed E-state index contributed by atoms with van der Waals surface area (Å²) in [5, 5.41) is 6.79. The Bertz CT molecular complexity index is 747. The molecular formula is C23H37Cl3N4O5. The fraction of sp³-hybridized carbons (Fsp3) is 0.739. The van der Waals surface area contributed by atoms with E-state index in [0.717, 1.165) is 12.8 Å². The SMILES string of the molecule is C=CCCCCC(=O)NC(C(=O)N[C@@H](C)C(=O)N1CCC[C@@H](C(=O)OCC(Cl)(Cl)Cl)N1)C(C)CC. The molecule has 1 fully saturated rings. The maximum atomic E-state index is 13.0. The molecule has 1 aliphatic rings. The van der Waals surface area contributed by atoms with Crippen LogP contribution in [0.1, 0.15) is 65.7 Å². The summed E-state index contributed by atoms with van der Waals surface area (Å²) in [6.07, 6.45) is 6.16. The first-order chi connectivity index (χ1) is 16.4. The van der Waals surface area contributed by atoms with Gasteiger partial charge >= 0.3 is 5.97 Å². The van der Waals surface area contributed by atoms with E-state index in [1.807, 2.05) is 13.8 Å². The zero-order valence-corrected chi connectivity index (χ0v) is 22.8. The molecule has 0 saturated carbocycles. The quantitative estimate of drug-likeness (QED) is 0.139. The molecule has 200 valence electrons. The van der Waals surface area contributed by atoms with Gasteiger partial charge in [-0.1, -0.05) is 61.1 Å². The number of carbonyl (C=O) groups is 4. The maximum absolute atomic E-state index is 13.0. The highest BCUT2D eigenvalue weighted by Gasteiger charge is 2.34. The Morgan fingerprint density at radius 2 is 1.89 bits per heavy atom. The van der Waals surface area contributed by atoms with E-state index in [-0.39, 0.29) is 11.8 Å². The third kappa shape index (κ3) is 11.8. The van der Waals surface area contributed by atoms with Gasteiger partial charge in [0.1, 0.15) is 24.7 Å². The van der Waals surface area contributed by atoms with Gasteiger partial charge in [-0.25, -0.2) is 5.43 Å². The van der Waals surface area contributed by atoms with E-state index >= 15 is 0 Å². The van der Waals surface area contributed by atoms with Gasteiger partial charge in [-0.15, -0.1) is 6.58 Å². The number of halogens is 3. The molecule has 2 unspecified atom stereocenters. The van der Waals surface area contributed by atoms with Gasteiger partial charge in [-0.05, 0) is 44.9 Å². The van der Waals surface area contributed by atoms with Crippen LogP contribution >= 0.6 is 34.8 Å². The first-order valence-corrected chi connectivity index (χ1v) is 13.0. The number of esters is 1. The molecule has 0 aliphatic carbocycles. The summed E-state index contributed by atoms with van der Waals surface area (Å²) in [5.74, 6) is -1.83. The molecule has 1 saturated heterocycles. The minimum atomic E-state index is -1.73. The predicted molar refractivity (Wildman–Crippen MR) is 137 cm³/mol. The number of rotatable bonds is 13. The lowest BCUT2D eigenvalue weighted by Gasteiger charge is -2.35. The minimum Gasteiger partial charge on any atom is -0.460 e. The van der Waals surface area contributed by atoms with Gasteiger partial charge in [0.2, 0.25) is 15.6 Å². The summed E-state index contributed by atoms with van der Waals surface area (Å²) in [7, 11) is 0. The van der Waals surface area contributed by atoms with Crippen molar-refractivity contribution in [3.05, 3.63) is 12.7 Å². The second-order valence-corrected chi connectivity index (χ2v) is 11.2. The Hall–Kier alpha value is -1.55. The van der Waals surface area contributed by atoms with E-state index in [4.69, 9.17) is 39.5 Å². The molecule has 9 nitrogen and oxygen atoms in total. The third-order valence-corrected chi connectivity index (χ3v) is 6.05. The average molecular weight is 556 g/mol. The van der Waals surface area contributed by atoms with Crippen LogP contribution in [0.5, 0.6) is 0 Å². The highest BCUT2D eigenvalue weighted by atomic mass is 35.6. The Kier molecular flexibility index (Phi) is 14.0. The Morgan fingerprint density at radius 3 is 2.49 bits per heavy atom. The van der Waals surface area contributed by atoms with Gasteiger partial charge in [-0.3, -0.25) is 24.2 Å². The topological polar surface area (TPSA) is 117 Å². The van der Waals surface area contributed by atoms with Gasteiger partial charge in [0.25, 0.3) is 5.91 Å². The average Bonchev–Trinajstić information content (AvgIpc) is 2.82. The Morgan fingerprint density at radius 1 is 1.20 bits per heavy atom. The molecule has 1 rings (SSSR count). The summed E-state index contributed by atoms with van der Waals surface area (Å²) in [5.41, 5.74) is 2.82. The lowest BCUT2D eigenvalue weighted by Crippen LogP contribution is -2.61. The zero-order chi connectivity index (χ0) is 26.6. The fourth-order valence-electron chi connectivity index (χ4n) is 3.49. The second kappa shape index (κ2) is 15.5. The maximum Gasteiger partial charge on any atom is 0.325 e. The molecule has 0 aromatic heterocycles. The monoisotopic (exact) mass is 554 g/mol. The van der Waals surface area contributed by atoms with Crippen LogP contribution in [0.4, 0.5) is 0 Å². The highest BCUT2D eigenvalue weighted by Crippen LogP contribution is 2.26. The summed E-state index contributed by atoms with van der Waals surface area (Å²) in [4.78, 5) is 50.5. The number of nitrogens with zero attached hydrogens (tertiary/aromatic N) is 1. The lowest BCUT2D eigenvalue weighted by atomic mass is 9.97. The van der Waals surface area contributed by atoms with Gasteiger partial charge in [0.15, 0.2) is 0 Å². The molecule has 4 atom stereocenters. The van der Waals surface area contributed by atoms with Crippen LogP contribution in [0.3, 0.4) is 0 Å². The van der Waals surface area contributed by atoms with E-state index in [2.05, 4.69) is 22.6 Å². The van der Waals surface area contributed by atoms with Crippen molar-refractivity contribution in [3.8, 4) is 0 Å². The molecule has 0 bridgehead atoms. The van der Waals surface area contributed by atoms with E-state index in [9.17, 15) is 19.2 Å². The standard InChI is InChI=1S/C23H37Cl3N4O5/c1-5-7-8-9-12-18(31)28-19(15(3)6-2)20(32)27-16(4)21(33)30-13-10-11-17(29-30)22(34)35-14-23(24,25)26/h5,15-17,19,29H,1,6-14H2,2-4H3,(H,27,32)(H,28,31)/t15?,16-,17-,19?/m0/s1. The Balaban J connectivity index is 2.68. The van der Waals surface area contributed by atoms with E-state index in [1.165, 1.54) is 5.01 Å². The number of allylic oxidation sites excluding steroid dienone is 1. The number of hydrogen-bond acceptors (Lipinski definition) is 6. The largest absolute Gasteiger partial charge is 0.460 e. The number of carbonyl (C=O) groups excluding carboxylic acids is 4. The summed E-state index contributed by atoms with van der Waals surface area (Å²) in [6, 6.07) is -2.43. The first-order valence-electron chi connectivity index (χ1n) is 11.9. The van der Waals surface area contributed by atoms with Crippen molar-refractivity contribution < 1.29 is 23.9 Å². The van der Waals surface area contributed by atoms with Crippen molar-refractivity contribution in [2.45, 2.75) is 87.6 Å². The highest BCUT2D eigenvalue weighted by molar-refractivity contribution is 6.67. The van der Waals surface area contributed by atoms with Crippen LogP contribution in [0, 0.1) is 5.92 Å². The minimum absolute atomic E-state index is 0.125. The lowest BCUT2D eigenvalue weighted by molar-refractivity contribution is -0.152. The summed E-state index contributed by atoms with van der Waals surface area (Å²) >= 11 is 16.8. The van der Waals surface area contributed by atoms with Crippen LogP contribution < -0.4 is 16.1 Å². The van der Waals surface area contributed by atoms with Crippen LogP contribution in [0.2, 0.25) is 0 Å². The molecule has 3 amide bonds. The number of hydrazine groups is 1. The third-order valence-electron chi connectivity index (χ3n) is 5.72. The van der Waals surface area contributed by atoms with Crippen molar-refractivity contribution in [2.75, 3.05) is 13.2 Å². The molecule has 0 aromatic carbocycles. The van der Waals surface area contributed by atoms with Crippen molar-refractivity contribution in [1.29, 1.82) is 0 Å². The van der Waals surface area contributed by atoms with Gasteiger partial charge in [0.05, 0.1) is 0 Å². The van der Waals surface area contributed by atoms with Crippen molar-refractivity contribution in [1.82, 2.24) is 21.1 Å². The predicted octanol–water partition coefficient (Wildman–Crippen LogP) is 3.18. The molecule has 1 heterocycles. The molecule has 0 aromatic rings. The van der Waals surface area contributed by atoms with Crippen molar-refractivity contribution in [2.24, 2.45) is 5.92 Å². The summed E-state index contributed by atoms with van der Waals surface area (Å²) in [6.45, 7) is 8.95. The smallest absolute Gasteiger partial charge is 0.325 e. The summed E-state index contributed by atoms with van der Waals surface area (Å²) < 4.78 is 3.27. The Labute approximate surface area is 222 Å². The first kappa shape index (κ1) is 31.5. The fourth-order valence-corrected chi connectivity index (χ4v) is 3.65. The number of alkyl halides is 3. The van der Waals surface area contributed by atoms with E-state index in [1.54, 1.807) is 13.0 Å². The molecule has 0 spiro atoms. The zero-order valence-electron chi connectivity index (χ0n) is 20.6. The van der Waals surface area contributed by atoms with Crippen LogP contribution in [0.25, 0.3) is 0 Å². The van der Waals surface area contributed by atoms with Gasteiger partial charge < -0.3 is 15.4 Å². The molecule has 1 aliphatic heterocycles. The van der Waals surface area contributed by atoms with Crippen LogP contribution in [0.15, 0.2) is 12.7 Å². The number of nitrogens with one attached hydrogen (secondary N) is 3. The number of ether oxygens (including phenoxy) is 1. The normalized spacial score (nSPS) is 18.7. The number of amides is 3. The number of unbranched alkanes of at least 4 members (excludes halogenated alkanes) is 2. The second-order valence-electron chi connectivity index (χ2n) is 8.73. The van der Waals surface area contributed by atoms with Crippen LogP contribution in [-0.4, -0.2) is 63.8 Å². The molecule has 3 N–H and O–H groups in total. The molecule has 35 heavy (non-hydrogen) atoms. The van der Waals surface area contributed by atoms with Crippen LogP contribution in [-0.2, 0) is 23.9 Å². The molecule has 0 radical (unpaired) electrons. The number of hydrogen-bond donors (Lipinski definition) is 3. The molecule has 12 heteroatoms. The van der Waals surface area contributed by atoms with E-state index in [0.29, 0.717) is 38.6 Å². The van der Waals surface area contributed by atoms with Gasteiger partial charge in [0, 0.05) is 13.0 Å². The van der Waals surface area contributed by atoms with E-state index < -0.39 is 46.3 Å². The van der Waals surface area contributed by atoms with Crippen molar-refractivity contribution >= 4 is 58.5 Å². The molecular weight excluding hydrogens is 519 g/mol. The van der Waals surface area contributed by atoms with Crippen molar-refractivity contribution in [3.63, 3.8) is 0 Å². The van der Waals surface area contributed by atoms with Gasteiger partial charge in [-0.2, -0.15) is 0 Å².